The SMILES string of the molecule is CCN(Cc1cnn(CC)c1)CC(C)(C)CN. The Morgan fingerprint density at radius 1 is 1.41 bits per heavy atom. The van der Waals surface area contributed by atoms with Crippen molar-refractivity contribution in [2.45, 2.75) is 40.8 Å². The molecule has 0 aliphatic heterocycles. The van der Waals surface area contributed by atoms with Gasteiger partial charge in [0.25, 0.3) is 0 Å². The van der Waals surface area contributed by atoms with E-state index >= 15 is 0 Å². The third-order valence-electron chi connectivity index (χ3n) is 3.07. The first-order valence-corrected chi connectivity index (χ1v) is 6.44. The zero-order valence-electron chi connectivity index (χ0n) is 11.6. The first kappa shape index (κ1) is 14.2. The quantitative estimate of drug-likeness (QED) is 0.786. The Hall–Kier alpha value is -0.870. The average Bonchev–Trinajstić information content (AvgIpc) is 2.75. The summed E-state index contributed by atoms with van der Waals surface area (Å²) in [7, 11) is 0. The molecule has 0 bridgehead atoms. The third-order valence-corrected chi connectivity index (χ3v) is 3.07. The van der Waals surface area contributed by atoms with Crippen LogP contribution in [0.5, 0.6) is 0 Å². The Bertz CT molecular complexity index is 330. The van der Waals surface area contributed by atoms with Crippen molar-refractivity contribution in [3.8, 4) is 0 Å². The van der Waals surface area contributed by atoms with Crippen molar-refractivity contribution in [2.75, 3.05) is 19.6 Å². The molecule has 0 saturated heterocycles. The smallest absolute Gasteiger partial charge is 0.0534 e. The van der Waals surface area contributed by atoms with Gasteiger partial charge in [-0.2, -0.15) is 5.10 Å². The summed E-state index contributed by atoms with van der Waals surface area (Å²) in [6.07, 6.45) is 4.08. The Kier molecular flexibility index (Phi) is 5.15. The minimum atomic E-state index is 0.177. The lowest BCUT2D eigenvalue weighted by Crippen LogP contribution is -2.38. The molecule has 0 spiro atoms. The minimum Gasteiger partial charge on any atom is -0.330 e. The molecule has 0 amide bonds. The van der Waals surface area contributed by atoms with E-state index in [1.54, 1.807) is 0 Å². The summed E-state index contributed by atoms with van der Waals surface area (Å²) in [5.41, 5.74) is 7.24. The van der Waals surface area contributed by atoms with Crippen LogP contribution in [0.1, 0.15) is 33.3 Å². The second-order valence-corrected chi connectivity index (χ2v) is 5.38. The summed E-state index contributed by atoms with van der Waals surface area (Å²) in [6, 6.07) is 0. The topological polar surface area (TPSA) is 47.1 Å². The molecule has 0 aliphatic rings. The van der Waals surface area contributed by atoms with E-state index in [0.717, 1.165) is 32.7 Å². The molecule has 1 aromatic heterocycles. The molecule has 17 heavy (non-hydrogen) atoms. The van der Waals surface area contributed by atoms with Gasteiger partial charge in [0.15, 0.2) is 0 Å². The van der Waals surface area contributed by atoms with Gasteiger partial charge < -0.3 is 5.73 Å². The van der Waals surface area contributed by atoms with Crippen LogP contribution in [-0.2, 0) is 13.1 Å². The highest BCUT2D eigenvalue weighted by Gasteiger charge is 2.19. The van der Waals surface area contributed by atoms with Gasteiger partial charge >= 0.3 is 0 Å². The third kappa shape index (κ3) is 4.48. The van der Waals surface area contributed by atoms with Gasteiger partial charge in [-0.1, -0.05) is 20.8 Å². The average molecular weight is 238 g/mol. The normalized spacial score (nSPS) is 12.4. The summed E-state index contributed by atoms with van der Waals surface area (Å²) >= 11 is 0. The lowest BCUT2D eigenvalue weighted by molar-refractivity contribution is 0.183. The summed E-state index contributed by atoms with van der Waals surface area (Å²) in [5.74, 6) is 0. The van der Waals surface area contributed by atoms with E-state index in [9.17, 15) is 0 Å². The van der Waals surface area contributed by atoms with E-state index in [-0.39, 0.29) is 5.41 Å². The highest BCUT2D eigenvalue weighted by Crippen LogP contribution is 2.16. The van der Waals surface area contributed by atoms with Crippen molar-refractivity contribution in [2.24, 2.45) is 11.1 Å². The van der Waals surface area contributed by atoms with Crippen molar-refractivity contribution >= 4 is 0 Å². The molecule has 4 heteroatoms. The zero-order chi connectivity index (χ0) is 12.9. The van der Waals surface area contributed by atoms with Gasteiger partial charge in [0.1, 0.15) is 0 Å². The van der Waals surface area contributed by atoms with Crippen LogP contribution in [-0.4, -0.2) is 34.3 Å². The van der Waals surface area contributed by atoms with Crippen LogP contribution in [0.25, 0.3) is 0 Å². The Labute approximate surface area is 105 Å². The molecule has 4 nitrogen and oxygen atoms in total. The van der Waals surface area contributed by atoms with Crippen molar-refractivity contribution in [3.05, 3.63) is 18.0 Å². The second-order valence-electron chi connectivity index (χ2n) is 5.38. The standard InChI is InChI=1S/C13H26N4/c1-5-16(11-13(3,4)10-14)8-12-7-15-17(6-2)9-12/h7,9H,5-6,8,10-11,14H2,1-4H3. The predicted octanol–water partition coefficient (Wildman–Crippen LogP) is 1.71. The Morgan fingerprint density at radius 2 is 2.12 bits per heavy atom. The van der Waals surface area contributed by atoms with Crippen LogP contribution < -0.4 is 5.73 Å². The number of hydrogen-bond donors (Lipinski definition) is 1. The molecule has 98 valence electrons. The maximum absolute atomic E-state index is 5.79. The summed E-state index contributed by atoms with van der Waals surface area (Å²) in [6.45, 7) is 13.4. The molecule has 0 aliphatic carbocycles. The first-order valence-electron chi connectivity index (χ1n) is 6.44. The summed E-state index contributed by atoms with van der Waals surface area (Å²) in [4.78, 5) is 2.42. The monoisotopic (exact) mass is 238 g/mol. The Balaban J connectivity index is 2.57. The van der Waals surface area contributed by atoms with Crippen molar-refractivity contribution < 1.29 is 0 Å². The fourth-order valence-electron chi connectivity index (χ4n) is 1.87. The number of aryl methyl sites for hydroxylation is 1. The molecule has 0 fully saturated rings. The molecule has 2 N–H and O–H groups in total. The van der Waals surface area contributed by atoms with Crippen LogP contribution in [0, 0.1) is 5.41 Å². The number of aromatic nitrogens is 2. The highest BCUT2D eigenvalue weighted by molar-refractivity contribution is 5.03. The molecule has 1 rings (SSSR count). The number of nitrogens with zero attached hydrogens (tertiary/aromatic N) is 3. The molecule has 0 unspecified atom stereocenters. The van der Waals surface area contributed by atoms with Crippen molar-refractivity contribution in [1.82, 2.24) is 14.7 Å². The lowest BCUT2D eigenvalue weighted by atomic mass is 9.93. The fraction of sp³-hybridized carbons (Fsp3) is 0.769. The highest BCUT2D eigenvalue weighted by atomic mass is 15.3. The van der Waals surface area contributed by atoms with E-state index in [1.807, 2.05) is 10.9 Å². The maximum Gasteiger partial charge on any atom is 0.0534 e. The molecule has 0 aromatic carbocycles. The van der Waals surface area contributed by atoms with E-state index < -0.39 is 0 Å². The van der Waals surface area contributed by atoms with Gasteiger partial charge in [0, 0.05) is 31.4 Å². The maximum atomic E-state index is 5.79. The number of rotatable bonds is 7. The molecule has 0 atom stereocenters. The fourth-order valence-corrected chi connectivity index (χ4v) is 1.87. The van der Waals surface area contributed by atoms with E-state index in [2.05, 4.69) is 43.9 Å². The zero-order valence-corrected chi connectivity index (χ0v) is 11.6. The van der Waals surface area contributed by atoms with Crippen LogP contribution in [0.2, 0.25) is 0 Å². The largest absolute Gasteiger partial charge is 0.330 e. The molecular weight excluding hydrogens is 212 g/mol. The molecule has 1 aromatic rings. The lowest BCUT2D eigenvalue weighted by Gasteiger charge is -2.30. The number of hydrogen-bond acceptors (Lipinski definition) is 3. The van der Waals surface area contributed by atoms with E-state index in [0.29, 0.717) is 0 Å². The van der Waals surface area contributed by atoms with Crippen LogP contribution >= 0.6 is 0 Å². The van der Waals surface area contributed by atoms with Gasteiger partial charge in [-0.15, -0.1) is 0 Å². The Morgan fingerprint density at radius 3 is 2.59 bits per heavy atom. The van der Waals surface area contributed by atoms with Crippen molar-refractivity contribution in [3.63, 3.8) is 0 Å². The van der Waals surface area contributed by atoms with Gasteiger partial charge in [0.2, 0.25) is 0 Å². The predicted molar refractivity (Wildman–Crippen MR) is 71.7 cm³/mol. The summed E-state index contributed by atoms with van der Waals surface area (Å²) in [5, 5.41) is 4.30. The first-order chi connectivity index (χ1) is 8.00. The van der Waals surface area contributed by atoms with Crippen LogP contribution in [0.4, 0.5) is 0 Å². The van der Waals surface area contributed by atoms with Crippen molar-refractivity contribution in [1.29, 1.82) is 0 Å². The van der Waals surface area contributed by atoms with Gasteiger partial charge in [-0.3, -0.25) is 9.58 Å². The molecule has 0 saturated carbocycles. The summed E-state index contributed by atoms with van der Waals surface area (Å²) < 4.78 is 1.97. The van der Waals surface area contributed by atoms with Crippen LogP contribution in [0.3, 0.4) is 0 Å². The van der Waals surface area contributed by atoms with Gasteiger partial charge in [0.05, 0.1) is 6.20 Å². The van der Waals surface area contributed by atoms with E-state index in [1.165, 1.54) is 5.56 Å². The van der Waals surface area contributed by atoms with E-state index in [4.69, 9.17) is 5.73 Å². The number of nitrogens with two attached hydrogens (primary N) is 1. The van der Waals surface area contributed by atoms with Crippen LogP contribution in [0.15, 0.2) is 12.4 Å². The molecular formula is C13H26N4. The molecule has 0 radical (unpaired) electrons. The molecule has 1 heterocycles. The minimum absolute atomic E-state index is 0.177. The van der Waals surface area contributed by atoms with Gasteiger partial charge in [-0.05, 0) is 25.4 Å². The van der Waals surface area contributed by atoms with Gasteiger partial charge in [-0.25, -0.2) is 0 Å². The second kappa shape index (κ2) is 6.17.